The van der Waals surface area contributed by atoms with Crippen LogP contribution in [-0.4, -0.2) is 45.0 Å². The van der Waals surface area contributed by atoms with Gasteiger partial charge in [-0.15, -0.1) is 5.10 Å². The van der Waals surface area contributed by atoms with E-state index in [1.807, 2.05) is 0 Å². The highest BCUT2D eigenvalue weighted by molar-refractivity contribution is 6.37. The Bertz CT molecular complexity index is 1310. The van der Waals surface area contributed by atoms with Gasteiger partial charge in [0.1, 0.15) is 5.02 Å². The van der Waals surface area contributed by atoms with Gasteiger partial charge in [-0.2, -0.15) is 4.63 Å². The third-order valence-corrected chi connectivity index (χ3v) is 8.21. The quantitative estimate of drug-likeness (QED) is 0.0934. The number of anilines is 2. The van der Waals surface area contributed by atoms with E-state index < -0.39 is 0 Å². The number of urea groups is 2. The van der Waals surface area contributed by atoms with E-state index in [4.69, 9.17) is 23.2 Å². The van der Waals surface area contributed by atoms with Gasteiger partial charge >= 0.3 is 12.1 Å². The first kappa shape index (κ1) is 35.5. The standard InChI is InChI=1S/C32H50Cl2N8O2/c1-6-8-10-12-14-16-18-35-30(43)37-23-20-22(28-39-29-26(34)27(32(3,4)5)40-42(29)41-28)21-24(25(23)33)38-31(44)36-19-17-15-13-11-9-7-2/h20-21,40H,6-19H2,1-5H3,(H2,35,37,43)(H2,36,38,44). The van der Waals surface area contributed by atoms with Crippen LogP contribution in [0.3, 0.4) is 0 Å². The Hall–Kier alpha value is -2.98. The molecule has 0 aliphatic carbocycles. The van der Waals surface area contributed by atoms with E-state index in [-0.39, 0.29) is 22.5 Å². The average molecular weight is 650 g/mol. The SMILES string of the molecule is CCCCCCCCNC(=O)Nc1cc(-c2nc3c(Cl)c(C(C)(C)C)[nH]n3n2)cc(NC(=O)NCCCCCCCC)c1Cl. The molecule has 12 heteroatoms. The number of halogens is 2. The number of amides is 4. The molecule has 44 heavy (non-hydrogen) atoms. The minimum Gasteiger partial charge on any atom is -0.338 e. The number of fused-ring (bicyclic) bond motifs is 1. The van der Waals surface area contributed by atoms with Crippen molar-refractivity contribution in [3.8, 4) is 11.4 Å². The van der Waals surface area contributed by atoms with Crippen LogP contribution < -0.4 is 21.3 Å². The van der Waals surface area contributed by atoms with Gasteiger partial charge in [-0.05, 0) is 25.0 Å². The smallest absolute Gasteiger partial charge is 0.319 e. The van der Waals surface area contributed by atoms with E-state index in [0.717, 1.165) is 44.2 Å². The van der Waals surface area contributed by atoms with Gasteiger partial charge in [0.2, 0.25) is 0 Å². The van der Waals surface area contributed by atoms with Crippen LogP contribution in [0.25, 0.3) is 17.0 Å². The number of hydrogen-bond donors (Lipinski definition) is 5. The Kier molecular flexibility index (Phi) is 14.1. The van der Waals surface area contributed by atoms with Gasteiger partial charge in [-0.3, -0.25) is 5.10 Å². The van der Waals surface area contributed by atoms with Crippen molar-refractivity contribution in [3.05, 3.63) is 27.9 Å². The van der Waals surface area contributed by atoms with Gasteiger partial charge in [0.15, 0.2) is 11.5 Å². The van der Waals surface area contributed by atoms with Crippen LogP contribution in [-0.2, 0) is 5.41 Å². The van der Waals surface area contributed by atoms with Crippen molar-refractivity contribution < 1.29 is 9.59 Å². The molecule has 0 aliphatic rings. The lowest BCUT2D eigenvalue weighted by Crippen LogP contribution is -2.30. The van der Waals surface area contributed by atoms with E-state index in [1.165, 1.54) is 43.2 Å². The van der Waals surface area contributed by atoms with Crippen molar-refractivity contribution in [1.29, 1.82) is 0 Å². The molecule has 0 fully saturated rings. The molecule has 0 unspecified atom stereocenters. The molecule has 4 amide bonds. The summed E-state index contributed by atoms with van der Waals surface area (Å²) in [5.74, 6) is 0.362. The van der Waals surface area contributed by atoms with Crippen LogP contribution in [0.1, 0.15) is 117 Å². The second-order valence-corrected chi connectivity index (χ2v) is 13.2. The maximum Gasteiger partial charge on any atom is 0.319 e. The van der Waals surface area contributed by atoms with Gasteiger partial charge in [0.05, 0.1) is 22.1 Å². The summed E-state index contributed by atoms with van der Waals surface area (Å²) in [5, 5.41) is 20.0. The number of hydrogen-bond acceptors (Lipinski definition) is 4. The van der Waals surface area contributed by atoms with E-state index in [2.05, 4.69) is 71.1 Å². The number of carbonyl (C=O) groups excluding carboxylic acids is 2. The second kappa shape index (κ2) is 17.5. The number of benzene rings is 1. The molecule has 10 nitrogen and oxygen atoms in total. The molecule has 3 rings (SSSR count). The van der Waals surface area contributed by atoms with Crippen LogP contribution in [0.4, 0.5) is 21.0 Å². The van der Waals surface area contributed by atoms with Crippen molar-refractivity contribution in [3.63, 3.8) is 0 Å². The van der Waals surface area contributed by atoms with Crippen molar-refractivity contribution in [2.45, 2.75) is 117 Å². The summed E-state index contributed by atoms with van der Waals surface area (Å²) < 4.78 is 1.54. The summed E-state index contributed by atoms with van der Waals surface area (Å²) in [6.07, 6.45) is 13.6. The zero-order valence-electron chi connectivity index (χ0n) is 27.0. The van der Waals surface area contributed by atoms with E-state index >= 15 is 0 Å². The third-order valence-electron chi connectivity index (χ3n) is 7.45. The van der Waals surface area contributed by atoms with Gasteiger partial charge in [0.25, 0.3) is 0 Å². The first-order valence-electron chi connectivity index (χ1n) is 16.1. The van der Waals surface area contributed by atoms with Crippen molar-refractivity contribution >= 4 is 52.3 Å². The summed E-state index contributed by atoms with van der Waals surface area (Å²) in [4.78, 5) is 30.2. The highest BCUT2D eigenvalue weighted by Crippen LogP contribution is 2.37. The number of aromatic amines is 1. The minimum absolute atomic E-state index is 0.205. The van der Waals surface area contributed by atoms with Crippen LogP contribution in [0, 0.1) is 0 Å². The molecule has 0 atom stereocenters. The lowest BCUT2D eigenvalue weighted by Gasteiger charge is -2.16. The molecule has 5 N–H and O–H groups in total. The van der Waals surface area contributed by atoms with E-state index in [0.29, 0.717) is 46.5 Å². The predicted octanol–water partition coefficient (Wildman–Crippen LogP) is 9.29. The summed E-state index contributed by atoms with van der Waals surface area (Å²) in [6, 6.07) is 2.64. The molecule has 0 aliphatic heterocycles. The summed E-state index contributed by atoms with van der Waals surface area (Å²) in [7, 11) is 0. The van der Waals surface area contributed by atoms with Crippen LogP contribution in [0.5, 0.6) is 0 Å². The van der Waals surface area contributed by atoms with Crippen molar-refractivity contribution in [1.82, 2.24) is 30.4 Å². The number of nitrogens with one attached hydrogen (secondary N) is 5. The average Bonchev–Trinajstić information content (AvgIpc) is 3.53. The maximum atomic E-state index is 12.8. The fraction of sp³-hybridized carbons (Fsp3) is 0.625. The topological polar surface area (TPSA) is 128 Å². The molecule has 244 valence electrons. The fourth-order valence-electron chi connectivity index (χ4n) is 4.90. The first-order chi connectivity index (χ1) is 21.0. The molecule has 0 saturated heterocycles. The molecule has 0 saturated carbocycles. The number of rotatable bonds is 17. The lowest BCUT2D eigenvalue weighted by molar-refractivity contribution is 0.251. The van der Waals surface area contributed by atoms with Gasteiger partial charge in [0, 0.05) is 24.1 Å². The lowest BCUT2D eigenvalue weighted by atomic mass is 9.92. The number of H-pyrrole nitrogens is 1. The fourth-order valence-corrected chi connectivity index (χ4v) is 5.55. The summed E-state index contributed by atoms with van der Waals surface area (Å²) in [5.41, 5.74) is 2.30. The monoisotopic (exact) mass is 648 g/mol. The molecule has 0 spiro atoms. The number of unbranched alkanes of at least 4 members (excludes halogenated alkanes) is 10. The van der Waals surface area contributed by atoms with Crippen LogP contribution in [0.15, 0.2) is 12.1 Å². The van der Waals surface area contributed by atoms with Crippen LogP contribution in [0.2, 0.25) is 10.0 Å². The highest BCUT2D eigenvalue weighted by atomic mass is 35.5. The minimum atomic E-state index is -0.376. The Labute approximate surface area is 271 Å². The molecule has 0 bridgehead atoms. The predicted molar refractivity (Wildman–Crippen MR) is 182 cm³/mol. The Balaban J connectivity index is 1.76. The molecular weight excluding hydrogens is 599 g/mol. The van der Waals surface area contributed by atoms with Gasteiger partial charge in [-0.1, -0.05) is 122 Å². The molecular formula is C32H50Cl2N8O2. The molecule has 1 aromatic carbocycles. The summed E-state index contributed by atoms with van der Waals surface area (Å²) >= 11 is 13.4. The van der Waals surface area contributed by atoms with Gasteiger partial charge < -0.3 is 21.3 Å². The van der Waals surface area contributed by atoms with Crippen LogP contribution >= 0.6 is 23.2 Å². The van der Waals surface area contributed by atoms with E-state index in [9.17, 15) is 9.59 Å². The Morgan fingerprint density at radius 1 is 0.773 bits per heavy atom. The molecule has 0 radical (unpaired) electrons. The summed E-state index contributed by atoms with van der Waals surface area (Å²) in [6.45, 7) is 11.7. The maximum absolute atomic E-state index is 12.8. The van der Waals surface area contributed by atoms with E-state index in [1.54, 1.807) is 12.1 Å². The molecule has 2 aromatic heterocycles. The first-order valence-corrected chi connectivity index (χ1v) is 16.9. The Morgan fingerprint density at radius 3 is 1.70 bits per heavy atom. The Morgan fingerprint density at radius 2 is 1.25 bits per heavy atom. The zero-order chi connectivity index (χ0) is 32.1. The number of aromatic nitrogens is 4. The zero-order valence-corrected chi connectivity index (χ0v) is 28.5. The molecule has 2 heterocycles. The number of carbonyl (C=O) groups is 2. The van der Waals surface area contributed by atoms with Crippen molar-refractivity contribution in [2.24, 2.45) is 0 Å². The molecule has 3 aromatic rings. The van der Waals surface area contributed by atoms with Crippen molar-refractivity contribution in [2.75, 3.05) is 23.7 Å². The van der Waals surface area contributed by atoms with Gasteiger partial charge in [-0.25, -0.2) is 14.6 Å². The number of nitrogens with zero attached hydrogens (tertiary/aromatic N) is 3. The largest absolute Gasteiger partial charge is 0.338 e. The third kappa shape index (κ3) is 10.6. The highest BCUT2D eigenvalue weighted by Gasteiger charge is 2.25. The second-order valence-electron chi connectivity index (χ2n) is 12.4. The normalized spacial score (nSPS) is 11.6.